The number of hydrogen-bond acceptors (Lipinski definition) is 2. The molecule has 1 aliphatic rings. The minimum absolute atomic E-state index is 0.0926. The molecule has 1 fully saturated rings. The summed E-state index contributed by atoms with van der Waals surface area (Å²) in [4.78, 5) is 12.0. The second-order valence-corrected chi connectivity index (χ2v) is 6.69. The van der Waals surface area contributed by atoms with Gasteiger partial charge in [0.1, 0.15) is 6.10 Å². The predicted octanol–water partition coefficient (Wildman–Crippen LogP) is 3.99. The van der Waals surface area contributed by atoms with Gasteiger partial charge in [-0.1, -0.05) is 51.1 Å². The molecule has 2 nitrogen and oxygen atoms in total. The standard InChI is InChI=1S/C17H24O2/c1-13-9-15(12-17(2,3)11-13)19-16(18)10-14-7-5-4-6-8-14/h4-8,13,15H,9-12H2,1-3H3. The molecular weight excluding hydrogens is 236 g/mol. The van der Waals surface area contributed by atoms with E-state index in [9.17, 15) is 4.79 Å². The normalized spacial score (nSPS) is 25.8. The first-order valence-corrected chi connectivity index (χ1v) is 7.18. The van der Waals surface area contributed by atoms with Gasteiger partial charge in [0, 0.05) is 0 Å². The first kappa shape index (κ1) is 14.1. The van der Waals surface area contributed by atoms with Crippen molar-refractivity contribution in [2.75, 3.05) is 0 Å². The van der Waals surface area contributed by atoms with Gasteiger partial charge in [-0.15, -0.1) is 0 Å². The number of hydrogen-bond donors (Lipinski definition) is 0. The van der Waals surface area contributed by atoms with E-state index in [-0.39, 0.29) is 17.5 Å². The van der Waals surface area contributed by atoms with Gasteiger partial charge in [-0.2, -0.15) is 0 Å². The van der Waals surface area contributed by atoms with Crippen molar-refractivity contribution < 1.29 is 9.53 Å². The van der Waals surface area contributed by atoms with Crippen molar-refractivity contribution in [1.82, 2.24) is 0 Å². The number of carbonyl (C=O) groups is 1. The molecule has 1 aliphatic carbocycles. The van der Waals surface area contributed by atoms with E-state index in [1.54, 1.807) is 0 Å². The Hall–Kier alpha value is -1.31. The third-order valence-electron chi connectivity index (χ3n) is 3.84. The molecule has 2 unspecified atom stereocenters. The predicted molar refractivity (Wildman–Crippen MR) is 76.8 cm³/mol. The Morgan fingerprint density at radius 2 is 1.95 bits per heavy atom. The minimum Gasteiger partial charge on any atom is -0.462 e. The molecular formula is C17H24O2. The molecule has 0 aromatic heterocycles. The Morgan fingerprint density at radius 3 is 2.58 bits per heavy atom. The third-order valence-corrected chi connectivity index (χ3v) is 3.84. The molecule has 1 aromatic carbocycles. The minimum atomic E-state index is -0.0962. The smallest absolute Gasteiger partial charge is 0.310 e. The Balaban J connectivity index is 1.88. The van der Waals surface area contributed by atoms with E-state index in [1.165, 1.54) is 6.42 Å². The van der Waals surface area contributed by atoms with E-state index in [0.717, 1.165) is 18.4 Å². The van der Waals surface area contributed by atoms with E-state index in [1.807, 2.05) is 30.3 Å². The summed E-state index contributed by atoms with van der Waals surface area (Å²) in [5, 5.41) is 0. The molecule has 0 saturated heterocycles. The summed E-state index contributed by atoms with van der Waals surface area (Å²) in [6, 6.07) is 9.80. The van der Waals surface area contributed by atoms with Crippen LogP contribution in [0, 0.1) is 11.3 Å². The van der Waals surface area contributed by atoms with Crippen LogP contribution < -0.4 is 0 Å². The molecule has 104 valence electrons. The van der Waals surface area contributed by atoms with Crippen molar-refractivity contribution in [2.24, 2.45) is 11.3 Å². The summed E-state index contributed by atoms with van der Waals surface area (Å²) >= 11 is 0. The monoisotopic (exact) mass is 260 g/mol. The molecule has 0 amide bonds. The zero-order valence-electron chi connectivity index (χ0n) is 12.2. The summed E-state index contributed by atoms with van der Waals surface area (Å²) in [7, 11) is 0. The van der Waals surface area contributed by atoms with E-state index in [4.69, 9.17) is 4.74 Å². The molecule has 19 heavy (non-hydrogen) atoms. The number of esters is 1. The molecule has 2 atom stereocenters. The van der Waals surface area contributed by atoms with Crippen LogP contribution in [-0.2, 0) is 16.0 Å². The Morgan fingerprint density at radius 1 is 1.26 bits per heavy atom. The molecule has 1 saturated carbocycles. The summed E-state index contributed by atoms with van der Waals surface area (Å²) < 4.78 is 5.66. The van der Waals surface area contributed by atoms with E-state index in [0.29, 0.717) is 12.3 Å². The van der Waals surface area contributed by atoms with Gasteiger partial charge in [-0.3, -0.25) is 4.79 Å². The first-order chi connectivity index (χ1) is 8.94. The van der Waals surface area contributed by atoms with Crippen molar-refractivity contribution in [3.8, 4) is 0 Å². The largest absolute Gasteiger partial charge is 0.462 e. The highest BCUT2D eigenvalue weighted by Crippen LogP contribution is 2.39. The third kappa shape index (κ3) is 4.38. The lowest BCUT2D eigenvalue weighted by Crippen LogP contribution is -2.34. The van der Waals surface area contributed by atoms with Gasteiger partial charge in [-0.05, 0) is 36.2 Å². The fourth-order valence-electron chi connectivity index (χ4n) is 3.34. The molecule has 0 spiro atoms. The number of carbonyl (C=O) groups excluding carboxylic acids is 1. The van der Waals surface area contributed by atoms with Crippen LogP contribution in [0.5, 0.6) is 0 Å². The summed E-state index contributed by atoms with van der Waals surface area (Å²) in [5.74, 6) is 0.541. The zero-order valence-corrected chi connectivity index (χ0v) is 12.2. The van der Waals surface area contributed by atoms with Crippen molar-refractivity contribution >= 4 is 5.97 Å². The van der Waals surface area contributed by atoms with Crippen LogP contribution in [0.25, 0.3) is 0 Å². The maximum Gasteiger partial charge on any atom is 0.310 e. The van der Waals surface area contributed by atoms with Gasteiger partial charge in [0.05, 0.1) is 6.42 Å². The highest BCUT2D eigenvalue weighted by molar-refractivity contribution is 5.72. The van der Waals surface area contributed by atoms with Gasteiger partial charge in [0.15, 0.2) is 0 Å². The van der Waals surface area contributed by atoms with Crippen LogP contribution >= 0.6 is 0 Å². The van der Waals surface area contributed by atoms with E-state index in [2.05, 4.69) is 20.8 Å². The maximum atomic E-state index is 12.0. The number of rotatable bonds is 3. The van der Waals surface area contributed by atoms with Crippen molar-refractivity contribution in [2.45, 2.75) is 52.6 Å². The Kier molecular flexibility index (Phi) is 4.28. The lowest BCUT2D eigenvalue weighted by molar-refractivity contribution is -0.152. The second kappa shape index (κ2) is 5.77. The summed E-state index contributed by atoms with van der Waals surface area (Å²) in [6.07, 6.45) is 3.68. The molecule has 2 rings (SSSR count). The SMILES string of the molecule is CC1CC(OC(=O)Cc2ccccc2)CC(C)(C)C1. The van der Waals surface area contributed by atoms with Crippen LogP contribution in [0.4, 0.5) is 0 Å². The topological polar surface area (TPSA) is 26.3 Å². The van der Waals surface area contributed by atoms with Gasteiger partial charge >= 0.3 is 5.97 Å². The van der Waals surface area contributed by atoms with Crippen molar-refractivity contribution in [3.05, 3.63) is 35.9 Å². The van der Waals surface area contributed by atoms with Crippen LogP contribution in [0.3, 0.4) is 0 Å². The van der Waals surface area contributed by atoms with Gasteiger partial charge in [-0.25, -0.2) is 0 Å². The first-order valence-electron chi connectivity index (χ1n) is 7.18. The molecule has 0 bridgehead atoms. The van der Waals surface area contributed by atoms with Gasteiger partial charge < -0.3 is 4.74 Å². The number of ether oxygens (including phenoxy) is 1. The lowest BCUT2D eigenvalue weighted by Gasteiger charge is -2.38. The van der Waals surface area contributed by atoms with Crippen LogP contribution in [0.1, 0.15) is 45.6 Å². The molecule has 1 aromatic rings. The highest BCUT2D eigenvalue weighted by atomic mass is 16.5. The average molecular weight is 260 g/mol. The molecule has 0 radical (unpaired) electrons. The zero-order chi connectivity index (χ0) is 13.9. The van der Waals surface area contributed by atoms with Gasteiger partial charge in [0.2, 0.25) is 0 Å². The van der Waals surface area contributed by atoms with Crippen LogP contribution in [0.15, 0.2) is 30.3 Å². The molecule has 0 N–H and O–H groups in total. The fourth-order valence-corrected chi connectivity index (χ4v) is 3.34. The van der Waals surface area contributed by atoms with Crippen molar-refractivity contribution in [1.29, 1.82) is 0 Å². The van der Waals surface area contributed by atoms with E-state index >= 15 is 0 Å². The molecule has 0 heterocycles. The molecule has 2 heteroatoms. The summed E-state index contributed by atoms with van der Waals surface area (Å²) in [6.45, 7) is 6.78. The quantitative estimate of drug-likeness (QED) is 0.768. The maximum absolute atomic E-state index is 12.0. The Labute approximate surface area is 116 Å². The van der Waals surface area contributed by atoms with Crippen LogP contribution in [-0.4, -0.2) is 12.1 Å². The van der Waals surface area contributed by atoms with Crippen LogP contribution in [0.2, 0.25) is 0 Å². The fraction of sp³-hybridized carbons (Fsp3) is 0.588. The average Bonchev–Trinajstić information content (AvgIpc) is 2.26. The second-order valence-electron chi connectivity index (χ2n) is 6.69. The summed E-state index contributed by atoms with van der Waals surface area (Å²) in [5.41, 5.74) is 1.31. The Bertz CT molecular complexity index is 422. The number of benzene rings is 1. The van der Waals surface area contributed by atoms with E-state index < -0.39 is 0 Å². The van der Waals surface area contributed by atoms with Crippen molar-refractivity contribution in [3.63, 3.8) is 0 Å². The lowest BCUT2D eigenvalue weighted by atomic mass is 9.71. The molecule has 0 aliphatic heterocycles. The van der Waals surface area contributed by atoms with Gasteiger partial charge in [0.25, 0.3) is 0 Å². The highest BCUT2D eigenvalue weighted by Gasteiger charge is 2.33.